The summed E-state index contributed by atoms with van der Waals surface area (Å²) in [6, 6.07) is 7.33. The van der Waals surface area contributed by atoms with E-state index in [0.29, 0.717) is 6.04 Å². The number of fused-ring (bicyclic) bond motifs is 1. The molecule has 0 saturated carbocycles. The van der Waals surface area contributed by atoms with Crippen LogP contribution in [0.4, 0.5) is 5.69 Å². The molecule has 70 valence electrons. The van der Waals surface area contributed by atoms with Gasteiger partial charge in [0.1, 0.15) is 0 Å². The molecule has 0 saturated heterocycles. The maximum Gasteiger partial charge on any atom is 0.0375 e. The van der Waals surface area contributed by atoms with Crippen LogP contribution in [-0.2, 0) is 6.42 Å². The first-order chi connectivity index (χ1) is 6.29. The zero-order valence-electron chi connectivity index (χ0n) is 8.13. The summed E-state index contributed by atoms with van der Waals surface area (Å²) < 4.78 is 0. The summed E-state index contributed by atoms with van der Waals surface area (Å²) in [7, 11) is 0. The van der Waals surface area contributed by atoms with Crippen molar-refractivity contribution in [3.8, 4) is 0 Å². The highest BCUT2D eigenvalue weighted by atomic mass is 32.2. The van der Waals surface area contributed by atoms with Gasteiger partial charge in [-0.2, -0.15) is 0 Å². The third-order valence-corrected chi connectivity index (χ3v) is 3.29. The summed E-state index contributed by atoms with van der Waals surface area (Å²) in [5.74, 6) is 0. The third-order valence-electron chi connectivity index (χ3n) is 2.56. The number of aryl methyl sites for hydroxylation is 1. The third kappa shape index (κ3) is 1.83. The molecule has 2 rings (SSSR count). The average molecular weight is 193 g/mol. The average Bonchev–Trinajstić information content (AvgIpc) is 2.17. The van der Waals surface area contributed by atoms with Gasteiger partial charge in [0.25, 0.3) is 0 Å². The Hall–Kier alpha value is -0.630. The molecular formula is C11H15NS. The van der Waals surface area contributed by atoms with E-state index in [1.165, 1.54) is 29.0 Å². The molecule has 0 unspecified atom stereocenters. The minimum atomic E-state index is 0.632. The van der Waals surface area contributed by atoms with Gasteiger partial charge in [0.15, 0.2) is 0 Å². The molecule has 1 heterocycles. The molecule has 1 aliphatic rings. The Morgan fingerprint density at radius 2 is 2.31 bits per heavy atom. The number of benzene rings is 1. The standard InChI is InChI=1S/C11H15NS/c1-8-3-4-9-7-10(13-2)5-6-11(9)12-8/h5-8,12H,3-4H2,1-2H3/t8-/m1/s1. The zero-order chi connectivity index (χ0) is 9.26. The molecule has 0 aliphatic carbocycles. The summed E-state index contributed by atoms with van der Waals surface area (Å²) in [4.78, 5) is 1.37. The fourth-order valence-corrected chi connectivity index (χ4v) is 2.22. The van der Waals surface area contributed by atoms with E-state index in [4.69, 9.17) is 0 Å². The Kier molecular flexibility index (Phi) is 2.49. The van der Waals surface area contributed by atoms with Gasteiger partial charge in [-0.1, -0.05) is 0 Å². The Labute approximate surface area is 83.9 Å². The van der Waals surface area contributed by atoms with Crippen molar-refractivity contribution in [3.63, 3.8) is 0 Å². The van der Waals surface area contributed by atoms with Gasteiger partial charge in [-0.25, -0.2) is 0 Å². The van der Waals surface area contributed by atoms with Gasteiger partial charge < -0.3 is 5.32 Å². The van der Waals surface area contributed by atoms with E-state index in [1.807, 2.05) is 11.8 Å². The van der Waals surface area contributed by atoms with Crippen LogP contribution in [0.25, 0.3) is 0 Å². The van der Waals surface area contributed by atoms with Gasteiger partial charge in [-0.3, -0.25) is 0 Å². The summed E-state index contributed by atoms with van der Waals surface area (Å²) in [5.41, 5.74) is 2.81. The molecule has 0 spiro atoms. The van der Waals surface area contributed by atoms with Crippen molar-refractivity contribution >= 4 is 17.4 Å². The molecule has 1 N–H and O–H groups in total. The van der Waals surface area contributed by atoms with E-state index in [0.717, 1.165) is 0 Å². The van der Waals surface area contributed by atoms with Crippen molar-refractivity contribution in [2.75, 3.05) is 11.6 Å². The molecule has 13 heavy (non-hydrogen) atoms. The predicted octanol–water partition coefficient (Wildman–Crippen LogP) is 3.16. The van der Waals surface area contributed by atoms with E-state index in [1.54, 1.807) is 0 Å². The quantitative estimate of drug-likeness (QED) is 0.688. The summed E-state index contributed by atoms with van der Waals surface area (Å²) in [6.07, 6.45) is 4.60. The van der Waals surface area contributed by atoms with Crippen molar-refractivity contribution < 1.29 is 0 Å². The lowest BCUT2D eigenvalue weighted by atomic mass is 9.99. The van der Waals surface area contributed by atoms with Crippen LogP contribution in [-0.4, -0.2) is 12.3 Å². The summed E-state index contributed by atoms with van der Waals surface area (Å²) in [6.45, 7) is 2.24. The highest BCUT2D eigenvalue weighted by Crippen LogP contribution is 2.28. The molecule has 0 aromatic heterocycles. The zero-order valence-corrected chi connectivity index (χ0v) is 8.95. The van der Waals surface area contributed by atoms with Gasteiger partial charge in [0, 0.05) is 16.6 Å². The van der Waals surface area contributed by atoms with Crippen LogP contribution in [0.2, 0.25) is 0 Å². The Balaban J connectivity index is 2.31. The molecule has 0 bridgehead atoms. The fraction of sp³-hybridized carbons (Fsp3) is 0.455. The summed E-state index contributed by atoms with van der Waals surface area (Å²) in [5, 5.41) is 3.50. The molecule has 1 aliphatic heterocycles. The minimum absolute atomic E-state index is 0.632. The number of nitrogens with one attached hydrogen (secondary N) is 1. The van der Waals surface area contributed by atoms with Gasteiger partial charge in [-0.15, -0.1) is 11.8 Å². The number of anilines is 1. The second-order valence-corrected chi connectivity index (χ2v) is 4.49. The van der Waals surface area contributed by atoms with Gasteiger partial charge >= 0.3 is 0 Å². The Bertz CT molecular complexity index is 309. The molecule has 0 fully saturated rings. The Morgan fingerprint density at radius 1 is 1.46 bits per heavy atom. The molecule has 0 radical (unpaired) electrons. The lowest BCUT2D eigenvalue weighted by molar-refractivity contribution is 0.680. The maximum absolute atomic E-state index is 3.50. The second-order valence-electron chi connectivity index (χ2n) is 3.61. The monoisotopic (exact) mass is 193 g/mol. The smallest absolute Gasteiger partial charge is 0.0375 e. The highest BCUT2D eigenvalue weighted by Gasteiger charge is 2.13. The predicted molar refractivity (Wildman–Crippen MR) is 59.6 cm³/mol. The number of thioether (sulfide) groups is 1. The summed E-state index contributed by atoms with van der Waals surface area (Å²) >= 11 is 1.81. The van der Waals surface area contributed by atoms with Crippen LogP contribution in [0.3, 0.4) is 0 Å². The van der Waals surface area contributed by atoms with E-state index in [2.05, 4.69) is 36.7 Å². The van der Waals surface area contributed by atoms with Gasteiger partial charge in [0.05, 0.1) is 0 Å². The molecule has 1 atom stereocenters. The SMILES string of the molecule is CSc1ccc2c(c1)CC[C@@H](C)N2. The van der Waals surface area contributed by atoms with Crippen molar-refractivity contribution in [1.29, 1.82) is 0 Å². The minimum Gasteiger partial charge on any atom is -0.382 e. The van der Waals surface area contributed by atoms with E-state index >= 15 is 0 Å². The largest absolute Gasteiger partial charge is 0.382 e. The van der Waals surface area contributed by atoms with Crippen molar-refractivity contribution in [1.82, 2.24) is 0 Å². The second kappa shape index (κ2) is 3.62. The van der Waals surface area contributed by atoms with E-state index < -0.39 is 0 Å². The molecular weight excluding hydrogens is 178 g/mol. The number of hydrogen-bond acceptors (Lipinski definition) is 2. The van der Waals surface area contributed by atoms with Crippen LogP contribution in [0.1, 0.15) is 18.9 Å². The van der Waals surface area contributed by atoms with Crippen molar-refractivity contribution in [2.24, 2.45) is 0 Å². The normalized spacial score (nSPS) is 20.6. The Morgan fingerprint density at radius 3 is 3.08 bits per heavy atom. The topological polar surface area (TPSA) is 12.0 Å². The molecule has 1 aromatic rings. The number of rotatable bonds is 1. The molecule has 1 nitrogen and oxygen atoms in total. The lowest BCUT2D eigenvalue weighted by Gasteiger charge is -2.24. The molecule has 2 heteroatoms. The molecule has 1 aromatic carbocycles. The molecule has 0 amide bonds. The lowest BCUT2D eigenvalue weighted by Crippen LogP contribution is -2.21. The maximum atomic E-state index is 3.50. The van der Waals surface area contributed by atoms with Gasteiger partial charge in [-0.05, 0) is 49.8 Å². The first-order valence-electron chi connectivity index (χ1n) is 4.73. The van der Waals surface area contributed by atoms with Gasteiger partial charge in [0.2, 0.25) is 0 Å². The van der Waals surface area contributed by atoms with Crippen LogP contribution in [0.15, 0.2) is 23.1 Å². The van der Waals surface area contributed by atoms with Crippen molar-refractivity contribution in [2.45, 2.75) is 30.7 Å². The fourth-order valence-electron chi connectivity index (χ4n) is 1.75. The van der Waals surface area contributed by atoms with Crippen LogP contribution >= 0.6 is 11.8 Å². The van der Waals surface area contributed by atoms with Crippen LogP contribution < -0.4 is 5.32 Å². The van der Waals surface area contributed by atoms with Crippen molar-refractivity contribution in [3.05, 3.63) is 23.8 Å². The van der Waals surface area contributed by atoms with E-state index in [9.17, 15) is 0 Å². The first kappa shape index (κ1) is 8.95. The van der Waals surface area contributed by atoms with Crippen LogP contribution in [0.5, 0.6) is 0 Å². The van der Waals surface area contributed by atoms with E-state index in [-0.39, 0.29) is 0 Å². The van der Waals surface area contributed by atoms with Crippen LogP contribution in [0, 0.1) is 0 Å². The number of hydrogen-bond donors (Lipinski definition) is 1. The highest BCUT2D eigenvalue weighted by molar-refractivity contribution is 7.98. The first-order valence-corrected chi connectivity index (χ1v) is 5.95.